The molecule has 0 N–H and O–H groups in total. The van der Waals surface area contributed by atoms with Gasteiger partial charge in [-0.25, -0.2) is 0 Å². The van der Waals surface area contributed by atoms with E-state index in [1.165, 1.54) is 44.9 Å². The number of rotatable bonds is 15. The van der Waals surface area contributed by atoms with Gasteiger partial charge in [-0.2, -0.15) is 0 Å². The Bertz CT molecular complexity index is 786. The zero-order valence-corrected chi connectivity index (χ0v) is 18.5. The van der Waals surface area contributed by atoms with Gasteiger partial charge in [-0.15, -0.1) is 0 Å². The van der Waals surface area contributed by atoms with Crippen LogP contribution in [0.15, 0.2) is 53.6 Å². The van der Waals surface area contributed by atoms with Crippen molar-refractivity contribution in [2.45, 2.75) is 64.4 Å². The van der Waals surface area contributed by atoms with Crippen molar-refractivity contribution in [1.29, 1.82) is 0 Å². The van der Waals surface area contributed by atoms with Gasteiger partial charge in [0.05, 0.1) is 13.2 Å². The molecule has 0 aromatic heterocycles. The van der Waals surface area contributed by atoms with Crippen molar-refractivity contribution < 1.29 is 19.1 Å². The molecule has 2 aromatic carbocycles. The maximum Gasteiger partial charge on any atom is 0.245 e. The van der Waals surface area contributed by atoms with Gasteiger partial charge in [0.2, 0.25) is 5.69 Å². The summed E-state index contributed by atoms with van der Waals surface area (Å²) >= 11 is 0. The maximum absolute atomic E-state index is 12.3. The summed E-state index contributed by atoms with van der Waals surface area (Å²) in [6, 6.07) is 14.2. The molecule has 1 aliphatic heterocycles. The first-order valence-electron chi connectivity index (χ1n) is 11.5. The average molecular weight is 427 g/mol. The smallest absolute Gasteiger partial charge is 0.245 e. The van der Waals surface area contributed by atoms with Gasteiger partial charge in [0.25, 0.3) is 0 Å². The second kappa shape index (κ2) is 13.0. The molecular weight excluding hydrogens is 392 g/mol. The summed E-state index contributed by atoms with van der Waals surface area (Å²) in [5.41, 5.74) is 1.03. The predicted molar refractivity (Wildman–Crippen MR) is 122 cm³/mol. The monoisotopic (exact) mass is 426 g/mol. The second-order valence-corrected chi connectivity index (χ2v) is 7.95. The molecule has 1 saturated heterocycles. The third kappa shape index (κ3) is 8.97. The Morgan fingerprint density at radius 2 is 1.45 bits per heavy atom. The van der Waals surface area contributed by atoms with E-state index in [4.69, 9.17) is 14.2 Å². The van der Waals surface area contributed by atoms with Gasteiger partial charge in [-0.1, -0.05) is 56.7 Å². The van der Waals surface area contributed by atoms with Crippen molar-refractivity contribution in [1.82, 2.24) is 0 Å². The summed E-state index contributed by atoms with van der Waals surface area (Å²) in [6.07, 6.45) is 10.4. The molecule has 1 fully saturated rings. The molecule has 2 aromatic rings. The summed E-state index contributed by atoms with van der Waals surface area (Å²) in [7, 11) is 0. The van der Waals surface area contributed by atoms with E-state index in [9.17, 15) is 5.21 Å². The van der Waals surface area contributed by atoms with Crippen molar-refractivity contribution in [3.63, 3.8) is 0 Å². The highest BCUT2D eigenvalue weighted by Gasteiger charge is 2.22. The normalized spacial score (nSPS) is 15.6. The fourth-order valence-corrected chi connectivity index (χ4v) is 3.22. The van der Waals surface area contributed by atoms with Crippen molar-refractivity contribution in [2.75, 3.05) is 19.8 Å². The fraction of sp³-hybridized carbons (Fsp3) is 0.520. The van der Waals surface area contributed by atoms with Crippen LogP contribution in [0.3, 0.4) is 0 Å². The highest BCUT2D eigenvalue weighted by Crippen LogP contribution is 2.23. The van der Waals surface area contributed by atoms with Crippen molar-refractivity contribution in [3.8, 4) is 11.5 Å². The summed E-state index contributed by atoms with van der Waals surface area (Å²) in [5, 5.41) is 16.4. The van der Waals surface area contributed by atoms with Crippen LogP contribution in [0.5, 0.6) is 11.5 Å². The molecule has 1 heterocycles. The number of unbranched alkanes of at least 4 members (excludes halogenated alkanes) is 7. The highest BCUT2D eigenvalue weighted by atomic mass is 16.6. The first-order chi connectivity index (χ1) is 15.2. The number of benzene rings is 2. The zero-order valence-electron chi connectivity index (χ0n) is 18.5. The van der Waals surface area contributed by atoms with Crippen LogP contribution in [0.25, 0.3) is 0 Å². The Kier molecular flexibility index (Phi) is 9.64. The third-order valence-electron chi connectivity index (χ3n) is 5.21. The number of nitrogens with zero attached hydrogens (tertiary/aromatic N) is 2. The number of azo groups is 1. The van der Waals surface area contributed by atoms with E-state index in [2.05, 4.69) is 12.0 Å². The van der Waals surface area contributed by atoms with Crippen LogP contribution in [0.4, 0.5) is 11.4 Å². The summed E-state index contributed by atoms with van der Waals surface area (Å²) in [6.45, 7) is 4.27. The van der Waals surface area contributed by atoms with Crippen LogP contribution >= 0.6 is 0 Å². The molecule has 3 rings (SSSR count). The van der Waals surface area contributed by atoms with E-state index >= 15 is 0 Å². The topological polar surface area (TPSA) is 69.4 Å². The van der Waals surface area contributed by atoms with Crippen LogP contribution in [0.2, 0.25) is 0 Å². The molecule has 0 amide bonds. The lowest BCUT2D eigenvalue weighted by molar-refractivity contribution is -0.435. The molecule has 1 unspecified atom stereocenters. The molecule has 6 heteroatoms. The van der Waals surface area contributed by atoms with Gasteiger partial charge < -0.3 is 19.4 Å². The van der Waals surface area contributed by atoms with Crippen LogP contribution in [-0.2, 0) is 4.74 Å². The molecule has 0 saturated carbocycles. The summed E-state index contributed by atoms with van der Waals surface area (Å²) < 4.78 is 16.5. The number of epoxide rings is 1. The van der Waals surface area contributed by atoms with E-state index in [1.807, 2.05) is 12.1 Å². The van der Waals surface area contributed by atoms with E-state index in [-0.39, 0.29) is 6.10 Å². The van der Waals surface area contributed by atoms with E-state index < -0.39 is 0 Å². The minimum Gasteiger partial charge on any atom is -0.594 e. The molecule has 168 valence electrons. The van der Waals surface area contributed by atoms with Crippen LogP contribution in [0.1, 0.15) is 58.3 Å². The van der Waals surface area contributed by atoms with Gasteiger partial charge in [0.1, 0.15) is 29.9 Å². The van der Waals surface area contributed by atoms with Crippen molar-refractivity contribution in [3.05, 3.63) is 53.7 Å². The SMILES string of the molecule is CCCCCCCCCCOc1ccc([N+]([O-])=Nc2ccc(OCC3CO3)cc2)cc1. The van der Waals surface area contributed by atoms with Crippen LogP contribution in [-0.4, -0.2) is 30.8 Å². The zero-order chi connectivity index (χ0) is 21.7. The van der Waals surface area contributed by atoms with Crippen molar-refractivity contribution >= 4 is 11.4 Å². The first kappa shape index (κ1) is 23.1. The van der Waals surface area contributed by atoms with E-state index in [0.29, 0.717) is 29.4 Å². The quantitative estimate of drug-likeness (QED) is 0.102. The Labute approximate surface area is 185 Å². The Balaban J connectivity index is 1.36. The van der Waals surface area contributed by atoms with Crippen molar-refractivity contribution in [2.24, 2.45) is 5.11 Å². The molecule has 1 aliphatic rings. The highest BCUT2D eigenvalue weighted by molar-refractivity contribution is 5.41. The third-order valence-corrected chi connectivity index (χ3v) is 5.21. The average Bonchev–Trinajstić information content (AvgIpc) is 3.62. The summed E-state index contributed by atoms with van der Waals surface area (Å²) in [5.74, 6) is 1.52. The fourth-order valence-electron chi connectivity index (χ4n) is 3.22. The first-order valence-corrected chi connectivity index (χ1v) is 11.5. The lowest BCUT2D eigenvalue weighted by atomic mass is 10.1. The number of hydrogen-bond acceptors (Lipinski definition) is 5. The van der Waals surface area contributed by atoms with E-state index in [0.717, 1.165) is 24.5 Å². The number of ether oxygens (including phenoxy) is 3. The molecule has 1 atom stereocenters. The predicted octanol–water partition coefficient (Wildman–Crippen LogP) is 6.91. The van der Waals surface area contributed by atoms with Gasteiger partial charge in [-0.05, 0) is 42.8 Å². The van der Waals surface area contributed by atoms with Gasteiger partial charge in [0, 0.05) is 17.2 Å². The maximum atomic E-state index is 12.3. The lowest BCUT2D eigenvalue weighted by Gasteiger charge is -2.07. The molecule has 0 bridgehead atoms. The molecule has 0 spiro atoms. The van der Waals surface area contributed by atoms with Crippen LogP contribution < -0.4 is 9.47 Å². The molecule has 0 aliphatic carbocycles. The molecular formula is C25H34N2O4. The molecule has 0 radical (unpaired) electrons. The van der Waals surface area contributed by atoms with Gasteiger partial charge in [0.15, 0.2) is 0 Å². The van der Waals surface area contributed by atoms with Crippen LogP contribution in [0, 0.1) is 5.21 Å². The largest absolute Gasteiger partial charge is 0.594 e. The lowest BCUT2D eigenvalue weighted by Crippen LogP contribution is -2.03. The Morgan fingerprint density at radius 3 is 2.10 bits per heavy atom. The van der Waals surface area contributed by atoms with E-state index in [1.54, 1.807) is 36.4 Å². The number of hydrogen-bond donors (Lipinski definition) is 0. The standard InChI is InChI=1S/C25H34N2O4/c1-2-3-4-5-6-7-8-9-18-29-23-16-12-22(13-17-23)27(28)26-21-10-14-24(15-11-21)30-19-25-20-31-25/h10-17,25H,2-9,18-20H2,1H3. The Morgan fingerprint density at radius 1 is 0.871 bits per heavy atom. The molecule has 31 heavy (non-hydrogen) atoms. The van der Waals surface area contributed by atoms with Gasteiger partial charge >= 0.3 is 0 Å². The Hall–Kier alpha value is -2.60. The minimum absolute atomic E-state index is 0.216. The summed E-state index contributed by atoms with van der Waals surface area (Å²) in [4.78, 5) is 0.621. The van der Waals surface area contributed by atoms with Gasteiger partial charge in [-0.3, -0.25) is 0 Å². The molecule has 6 nitrogen and oxygen atoms in total. The second-order valence-electron chi connectivity index (χ2n) is 7.95. The minimum atomic E-state index is 0.216.